The molecule has 7 nitrogen and oxygen atoms in total. The van der Waals surface area contributed by atoms with Crippen molar-refractivity contribution in [2.24, 2.45) is 0 Å². The van der Waals surface area contributed by atoms with Gasteiger partial charge in [-0.15, -0.1) is 0 Å². The first-order valence-electron chi connectivity index (χ1n) is 14.2. The van der Waals surface area contributed by atoms with Crippen molar-refractivity contribution in [2.45, 2.75) is 45.0 Å². The first-order chi connectivity index (χ1) is 20.4. The Bertz CT molecular complexity index is 1320. The smallest absolute Gasteiger partial charge is 0.122 e. The average Bonchev–Trinajstić information content (AvgIpc) is 3.01. The maximum Gasteiger partial charge on any atom is 0.122 e. The first kappa shape index (κ1) is 30.9. The molecule has 4 aromatic carbocycles. The lowest BCUT2D eigenvalue weighted by Gasteiger charge is -2.14. The summed E-state index contributed by atoms with van der Waals surface area (Å²) >= 11 is 0. The van der Waals surface area contributed by atoms with Gasteiger partial charge in [0.05, 0.1) is 12.7 Å². The molecule has 0 saturated heterocycles. The predicted molar refractivity (Wildman–Crippen MR) is 163 cm³/mol. The van der Waals surface area contributed by atoms with Gasteiger partial charge in [-0.25, -0.2) is 0 Å². The van der Waals surface area contributed by atoms with Gasteiger partial charge in [0, 0.05) is 0 Å². The van der Waals surface area contributed by atoms with Gasteiger partial charge in [0.1, 0.15) is 55.0 Å². The molecule has 3 unspecified atom stereocenters. The van der Waals surface area contributed by atoms with Crippen LogP contribution in [0.25, 0.3) is 0 Å². The van der Waals surface area contributed by atoms with Crippen molar-refractivity contribution >= 4 is 0 Å². The monoisotopic (exact) mass is 572 g/mol. The number of aliphatic hydroxyl groups excluding tert-OH is 3. The lowest BCUT2D eigenvalue weighted by Crippen LogP contribution is -2.25. The summed E-state index contributed by atoms with van der Waals surface area (Å²) in [7, 11) is 0. The lowest BCUT2D eigenvalue weighted by atomic mass is 10.0. The minimum absolute atomic E-state index is 0.0179. The Hall–Kier alpha value is -4.04. The minimum atomic E-state index is -0.770. The van der Waals surface area contributed by atoms with Crippen LogP contribution in [0.5, 0.6) is 23.0 Å². The standard InChI is InChI=1S/C35H40O7/c1-25(37)22-39-32-11-3-27(4-12-32)19-28-5-13-33(14-6-28)40-23-31(38)24-41-34-15-7-29(8-16-34)20-30-9-17-35(18-10-30)42-26(2)21-36/h3-18,25-26,31,36-38H,19-24H2,1-2H3. The van der Waals surface area contributed by atoms with E-state index in [0.717, 1.165) is 46.6 Å². The molecule has 0 aromatic heterocycles. The number of aliphatic hydroxyl groups is 3. The number of benzene rings is 4. The van der Waals surface area contributed by atoms with Gasteiger partial charge in [-0.3, -0.25) is 0 Å². The summed E-state index contributed by atoms with van der Waals surface area (Å²) in [5.41, 5.74) is 4.60. The Kier molecular flexibility index (Phi) is 11.6. The molecule has 0 spiro atoms. The molecular formula is C35H40O7. The van der Waals surface area contributed by atoms with Crippen molar-refractivity contribution in [1.82, 2.24) is 0 Å². The molecule has 0 amide bonds. The van der Waals surface area contributed by atoms with Crippen LogP contribution in [-0.4, -0.2) is 60.1 Å². The molecule has 7 heteroatoms. The van der Waals surface area contributed by atoms with E-state index in [0.29, 0.717) is 11.5 Å². The number of rotatable bonds is 16. The molecule has 4 aromatic rings. The molecule has 0 aliphatic carbocycles. The van der Waals surface area contributed by atoms with Crippen molar-refractivity contribution < 1.29 is 34.3 Å². The summed E-state index contributed by atoms with van der Waals surface area (Å²) in [5, 5.41) is 28.8. The second-order valence-corrected chi connectivity index (χ2v) is 10.5. The van der Waals surface area contributed by atoms with Crippen molar-refractivity contribution in [1.29, 1.82) is 0 Å². The maximum absolute atomic E-state index is 10.4. The van der Waals surface area contributed by atoms with Crippen LogP contribution < -0.4 is 18.9 Å². The van der Waals surface area contributed by atoms with Crippen molar-refractivity contribution in [3.05, 3.63) is 119 Å². The molecule has 0 aliphatic heterocycles. The minimum Gasteiger partial charge on any atom is -0.491 e. The van der Waals surface area contributed by atoms with Crippen LogP contribution in [0.15, 0.2) is 97.1 Å². The zero-order valence-electron chi connectivity index (χ0n) is 24.2. The summed E-state index contributed by atoms with van der Waals surface area (Å²) < 4.78 is 22.6. The maximum atomic E-state index is 10.4. The van der Waals surface area contributed by atoms with E-state index in [9.17, 15) is 10.2 Å². The molecule has 42 heavy (non-hydrogen) atoms. The Labute approximate surface area is 247 Å². The molecule has 4 rings (SSSR count). The summed E-state index contributed by atoms with van der Waals surface area (Å²) in [6, 6.07) is 31.4. The van der Waals surface area contributed by atoms with E-state index >= 15 is 0 Å². The van der Waals surface area contributed by atoms with Crippen LogP contribution in [-0.2, 0) is 12.8 Å². The summed E-state index contributed by atoms with van der Waals surface area (Å²) in [4.78, 5) is 0. The third kappa shape index (κ3) is 10.4. The topological polar surface area (TPSA) is 97.6 Å². The second-order valence-electron chi connectivity index (χ2n) is 10.5. The highest BCUT2D eigenvalue weighted by molar-refractivity contribution is 5.35. The highest BCUT2D eigenvalue weighted by Gasteiger charge is 2.08. The van der Waals surface area contributed by atoms with Crippen LogP contribution in [0.4, 0.5) is 0 Å². The van der Waals surface area contributed by atoms with Crippen LogP contribution in [0.3, 0.4) is 0 Å². The molecule has 222 valence electrons. The number of hydrogen-bond donors (Lipinski definition) is 3. The molecule has 0 saturated carbocycles. The van der Waals surface area contributed by atoms with Gasteiger partial charge in [0.25, 0.3) is 0 Å². The largest absolute Gasteiger partial charge is 0.491 e. The third-order valence-corrected chi connectivity index (χ3v) is 6.48. The molecule has 0 radical (unpaired) electrons. The normalized spacial score (nSPS) is 13.2. The lowest BCUT2D eigenvalue weighted by molar-refractivity contribution is 0.0626. The van der Waals surface area contributed by atoms with Gasteiger partial charge in [0.2, 0.25) is 0 Å². The van der Waals surface area contributed by atoms with Gasteiger partial charge in [-0.2, -0.15) is 0 Å². The van der Waals surface area contributed by atoms with Gasteiger partial charge in [0.15, 0.2) is 0 Å². The van der Waals surface area contributed by atoms with Gasteiger partial charge in [-0.05, 0) is 97.5 Å². The predicted octanol–water partition coefficient (Wildman–Crippen LogP) is 5.21. The van der Waals surface area contributed by atoms with Crippen LogP contribution in [0.2, 0.25) is 0 Å². The van der Waals surface area contributed by atoms with E-state index in [1.165, 1.54) is 0 Å². The van der Waals surface area contributed by atoms with Crippen molar-refractivity contribution in [3.8, 4) is 23.0 Å². The van der Waals surface area contributed by atoms with Crippen molar-refractivity contribution in [3.63, 3.8) is 0 Å². The molecular weight excluding hydrogens is 532 g/mol. The first-order valence-corrected chi connectivity index (χ1v) is 14.2. The second kappa shape index (κ2) is 15.8. The molecule has 0 heterocycles. The Morgan fingerprint density at radius 2 is 0.833 bits per heavy atom. The molecule has 3 N–H and O–H groups in total. The van der Waals surface area contributed by atoms with E-state index in [2.05, 4.69) is 0 Å². The Morgan fingerprint density at radius 1 is 0.500 bits per heavy atom. The van der Waals surface area contributed by atoms with E-state index < -0.39 is 12.2 Å². The quantitative estimate of drug-likeness (QED) is 0.170. The SMILES string of the molecule is CC(O)COc1ccc(Cc2ccc(OCC(O)COc3ccc(Cc4ccc(OC(C)CO)cc4)cc3)cc2)cc1. The summed E-state index contributed by atoms with van der Waals surface area (Å²) in [6.07, 6.45) is 0.0520. The zero-order chi connectivity index (χ0) is 29.7. The zero-order valence-corrected chi connectivity index (χ0v) is 24.2. The highest BCUT2D eigenvalue weighted by atomic mass is 16.5. The highest BCUT2D eigenvalue weighted by Crippen LogP contribution is 2.20. The fourth-order valence-corrected chi connectivity index (χ4v) is 4.19. The van der Waals surface area contributed by atoms with Crippen molar-refractivity contribution in [2.75, 3.05) is 26.4 Å². The molecule has 0 aliphatic rings. The van der Waals surface area contributed by atoms with Crippen LogP contribution in [0.1, 0.15) is 36.1 Å². The summed E-state index contributed by atoms with van der Waals surface area (Å²) in [6.45, 7) is 4.03. The van der Waals surface area contributed by atoms with E-state index in [-0.39, 0.29) is 32.5 Å². The fraction of sp³-hybridized carbons (Fsp3) is 0.314. The van der Waals surface area contributed by atoms with Crippen LogP contribution in [0, 0.1) is 0 Å². The van der Waals surface area contributed by atoms with Gasteiger partial charge < -0.3 is 34.3 Å². The molecule has 0 bridgehead atoms. The van der Waals surface area contributed by atoms with E-state index in [4.69, 9.17) is 24.1 Å². The third-order valence-electron chi connectivity index (χ3n) is 6.48. The fourth-order valence-electron chi connectivity index (χ4n) is 4.19. The van der Waals surface area contributed by atoms with Gasteiger partial charge >= 0.3 is 0 Å². The van der Waals surface area contributed by atoms with E-state index in [1.807, 2.05) is 104 Å². The van der Waals surface area contributed by atoms with E-state index in [1.54, 1.807) is 6.92 Å². The Balaban J connectivity index is 1.16. The Morgan fingerprint density at radius 3 is 1.17 bits per heavy atom. The molecule has 3 atom stereocenters. The van der Waals surface area contributed by atoms with Crippen LogP contribution >= 0.6 is 0 Å². The molecule has 0 fully saturated rings. The number of ether oxygens (including phenoxy) is 4. The average molecular weight is 573 g/mol. The summed E-state index contributed by atoms with van der Waals surface area (Å²) in [5.74, 6) is 2.85. The number of hydrogen-bond acceptors (Lipinski definition) is 7. The van der Waals surface area contributed by atoms with Gasteiger partial charge in [-0.1, -0.05) is 48.5 Å².